The molecule has 0 unspecified atom stereocenters. The molecule has 0 fully saturated rings. The van der Waals surface area contributed by atoms with Crippen LogP contribution in [-0.4, -0.2) is 35.8 Å². The Bertz CT molecular complexity index is 1030. The fourth-order valence-corrected chi connectivity index (χ4v) is 2.84. The Kier molecular flexibility index (Phi) is 4.32. The summed E-state index contributed by atoms with van der Waals surface area (Å²) >= 11 is 0. The van der Waals surface area contributed by atoms with E-state index in [-0.39, 0.29) is 10.5 Å². The first-order valence-electron chi connectivity index (χ1n) is 7.11. The summed E-state index contributed by atoms with van der Waals surface area (Å²) in [6.45, 7) is 0. The Balaban J connectivity index is 1.89. The van der Waals surface area contributed by atoms with E-state index in [9.17, 15) is 17.6 Å². The number of anilines is 1. The number of aromatic amines is 1. The van der Waals surface area contributed by atoms with Gasteiger partial charge in [-0.2, -0.15) is 5.10 Å². The third-order valence-corrected chi connectivity index (χ3v) is 4.53. The van der Waals surface area contributed by atoms with Crippen molar-refractivity contribution in [2.45, 2.75) is 4.90 Å². The lowest BCUT2D eigenvalue weighted by Gasteiger charge is -2.08. The lowest BCUT2D eigenvalue weighted by molar-refractivity contribution is 0.102. The predicted octanol–water partition coefficient (Wildman–Crippen LogP) is 2.27. The van der Waals surface area contributed by atoms with Gasteiger partial charge in [-0.05, 0) is 30.3 Å². The predicted molar refractivity (Wildman–Crippen MR) is 89.3 cm³/mol. The van der Waals surface area contributed by atoms with Gasteiger partial charge in [-0.15, -0.1) is 0 Å². The van der Waals surface area contributed by atoms with E-state index in [1.54, 1.807) is 24.3 Å². The second kappa shape index (κ2) is 6.44. The van der Waals surface area contributed by atoms with Gasteiger partial charge in [0.15, 0.2) is 15.7 Å². The van der Waals surface area contributed by atoms with Crippen molar-refractivity contribution in [2.24, 2.45) is 0 Å². The summed E-state index contributed by atoms with van der Waals surface area (Å²) in [6.07, 6.45) is 2.34. The summed E-state index contributed by atoms with van der Waals surface area (Å²) in [5.41, 5.74) is 0.733. The van der Waals surface area contributed by atoms with Crippen molar-refractivity contribution in [3.8, 4) is 11.4 Å². The molecular weight excluding hydrogens is 347 g/mol. The van der Waals surface area contributed by atoms with E-state index >= 15 is 0 Å². The largest absolute Gasteiger partial charge is 0.322 e. The van der Waals surface area contributed by atoms with Gasteiger partial charge in [0.2, 0.25) is 0 Å². The molecule has 0 aliphatic carbocycles. The molecule has 7 nitrogen and oxygen atoms in total. The molecule has 0 aliphatic heterocycles. The number of aromatic nitrogens is 3. The van der Waals surface area contributed by atoms with Crippen LogP contribution in [0.4, 0.5) is 10.1 Å². The Labute approximate surface area is 142 Å². The number of hydrogen-bond acceptors (Lipinski definition) is 5. The minimum absolute atomic E-state index is 0.130. The molecule has 0 aliphatic rings. The second-order valence-corrected chi connectivity index (χ2v) is 7.30. The van der Waals surface area contributed by atoms with E-state index in [1.165, 1.54) is 6.33 Å². The van der Waals surface area contributed by atoms with E-state index in [4.69, 9.17) is 0 Å². The molecule has 0 saturated carbocycles. The zero-order valence-corrected chi connectivity index (χ0v) is 13.8. The van der Waals surface area contributed by atoms with Crippen LogP contribution in [0.5, 0.6) is 0 Å². The molecular formula is C16H13FN4O3S. The van der Waals surface area contributed by atoms with Gasteiger partial charge in [-0.25, -0.2) is 17.8 Å². The average Bonchev–Trinajstić information content (AvgIpc) is 3.09. The monoisotopic (exact) mass is 360 g/mol. The highest BCUT2D eigenvalue weighted by molar-refractivity contribution is 7.90. The van der Waals surface area contributed by atoms with Crippen molar-refractivity contribution in [1.29, 1.82) is 0 Å². The molecule has 0 spiro atoms. The van der Waals surface area contributed by atoms with Crippen molar-refractivity contribution < 1.29 is 17.6 Å². The molecule has 0 bridgehead atoms. The molecule has 1 aromatic heterocycles. The van der Waals surface area contributed by atoms with Crippen LogP contribution < -0.4 is 5.32 Å². The Hall–Kier alpha value is -3.07. The van der Waals surface area contributed by atoms with E-state index < -0.39 is 21.6 Å². The molecule has 2 N–H and O–H groups in total. The summed E-state index contributed by atoms with van der Waals surface area (Å²) < 4.78 is 37.1. The number of hydrogen-bond donors (Lipinski definition) is 2. The standard InChI is InChI=1S/C16H13FN4O3S/c1-25(23,24)12-5-6-14(17)13(8-12)16(22)20-11-4-2-3-10(7-11)15-18-9-19-21-15/h2-9H,1H3,(H,20,22)(H,18,19,21). The summed E-state index contributed by atoms with van der Waals surface area (Å²) in [4.78, 5) is 16.2. The van der Waals surface area contributed by atoms with Crippen molar-refractivity contribution in [3.63, 3.8) is 0 Å². The summed E-state index contributed by atoms with van der Waals surface area (Å²) in [7, 11) is -3.55. The van der Waals surface area contributed by atoms with E-state index in [2.05, 4.69) is 20.5 Å². The maximum absolute atomic E-state index is 13.9. The smallest absolute Gasteiger partial charge is 0.258 e. The van der Waals surface area contributed by atoms with Crippen molar-refractivity contribution in [1.82, 2.24) is 15.2 Å². The lowest BCUT2D eigenvalue weighted by atomic mass is 10.1. The van der Waals surface area contributed by atoms with Gasteiger partial charge in [-0.1, -0.05) is 12.1 Å². The van der Waals surface area contributed by atoms with Gasteiger partial charge in [-0.3, -0.25) is 9.89 Å². The van der Waals surface area contributed by atoms with E-state index in [0.29, 0.717) is 17.1 Å². The first-order chi connectivity index (χ1) is 11.8. The minimum Gasteiger partial charge on any atom is -0.322 e. The van der Waals surface area contributed by atoms with Crippen LogP contribution in [0, 0.1) is 5.82 Å². The molecule has 2 aromatic carbocycles. The van der Waals surface area contributed by atoms with Crippen molar-refractivity contribution >= 4 is 21.4 Å². The number of H-pyrrole nitrogens is 1. The number of nitrogens with one attached hydrogen (secondary N) is 2. The van der Waals surface area contributed by atoms with Crippen LogP contribution >= 0.6 is 0 Å². The highest BCUT2D eigenvalue weighted by Crippen LogP contribution is 2.21. The van der Waals surface area contributed by atoms with Crippen molar-refractivity contribution in [2.75, 3.05) is 11.6 Å². The number of halogens is 1. The van der Waals surface area contributed by atoms with Crippen molar-refractivity contribution in [3.05, 3.63) is 60.2 Å². The fraction of sp³-hybridized carbons (Fsp3) is 0.0625. The molecule has 3 aromatic rings. The second-order valence-electron chi connectivity index (χ2n) is 5.28. The highest BCUT2D eigenvalue weighted by atomic mass is 32.2. The van der Waals surface area contributed by atoms with Gasteiger partial charge < -0.3 is 5.32 Å². The number of sulfone groups is 1. The normalized spacial score (nSPS) is 11.3. The van der Waals surface area contributed by atoms with Gasteiger partial charge in [0.1, 0.15) is 12.1 Å². The Morgan fingerprint density at radius 2 is 2.00 bits per heavy atom. The number of rotatable bonds is 4. The van der Waals surface area contributed by atoms with Gasteiger partial charge in [0.25, 0.3) is 5.91 Å². The summed E-state index contributed by atoms with van der Waals surface area (Å²) in [5, 5.41) is 8.99. The van der Waals surface area contributed by atoms with Crippen LogP contribution in [0.2, 0.25) is 0 Å². The summed E-state index contributed by atoms with van der Waals surface area (Å²) in [6, 6.07) is 9.80. The summed E-state index contributed by atoms with van der Waals surface area (Å²) in [5.74, 6) is -1.05. The first kappa shape index (κ1) is 16.8. The molecule has 0 atom stereocenters. The quantitative estimate of drug-likeness (QED) is 0.695. The third kappa shape index (κ3) is 3.72. The van der Waals surface area contributed by atoms with Crippen LogP contribution in [-0.2, 0) is 9.84 Å². The molecule has 128 valence electrons. The Morgan fingerprint density at radius 1 is 1.20 bits per heavy atom. The lowest BCUT2D eigenvalue weighted by Crippen LogP contribution is -2.14. The molecule has 1 heterocycles. The fourth-order valence-electron chi connectivity index (χ4n) is 2.20. The maximum atomic E-state index is 13.9. The van der Waals surface area contributed by atoms with Crippen LogP contribution in [0.15, 0.2) is 53.7 Å². The third-order valence-electron chi connectivity index (χ3n) is 3.42. The molecule has 9 heteroatoms. The van der Waals surface area contributed by atoms with E-state index in [0.717, 1.165) is 24.5 Å². The molecule has 3 rings (SSSR count). The van der Waals surface area contributed by atoms with Crippen LogP contribution in [0.1, 0.15) is 10.4 Å². The van der Waals surface area contributed by atoms with Gasteiger partial charge >= 0.3 is 0 Å². The molecule has 0 radical (unpaired) electrons. The number of carbonyl (C=O) groups excluding carboxylic acids is 1. The number of nitrogens with zero attached hydrogens (tertiary/aromatic N) is 2. The minimum atomic E-state index is -3.55. The number of benzene rings is 2. The molecule has 1 amide bonds. The van der Waals surface area contributed by atoms with Crippen LogP contribution in [0.3, 0.4) is 0 Å². The Morgan fingerprint density at radius 3 is 2.68 bits per heavy atom. The number of carbonyl (C=O) groups is 1. The SMILES string of the molecule is CS(=O)(=O)c1ccc(F)c(C(=O)Nc2cccc(-c3ncn[nH]3)c2)c1. The average molecular weight is 360 g/mol. The maximum Gasteiger partial charge on any atom is 0.258 e. The molecule has 25 heavy (non-hydrogen) atoms. The number of amides is 1. The van der Waals surface area contributed by atoms with Crippen LogP contribution in [0.25, 0.3) is 11.4 Å². The first-order valence-corrected chi connectivity index (χ1v) is 9.00. The molecule has 0 saturated heterocycles. The van der Waals surface area contributed by atoms with E-state index in [1.807, 2.05) is 0 Å². The highest BCUT2D eigenvalue weighted by Gasteiger charge is 2.17. The van der Waals surface area contributed by atoms with Gasteiger partial charge in [0, 0.05) is 17.5 Å². The zero-order chi connectivity index (χ0) is 18.0. The topological polar surface area (TPSA) is 105 Å². The zero-order valence-electron chi connectivity index (χ0n) is 13.0. The van der Waals surface area contributed by atoms with Gasteiger partial charge in [0.05, 0.1) is 10.5 Å².